The van der Waals surface area contributed by atoms with Gasteiger partial charge in [-0.3, -0.25) is 0 Å². The Morgan fingerprint density at radius 2 is 1.93 bits per heavy atom. The Balaban J connectivity index is 0.00000392. The average molecular weight is 503 g/mol. The predicted octanol–water partition coefficient (Wildman–Crippen LogP) is 3.13. The molecule has 0 aliphatic heterocycles. The zero-order chi connectivity index (χ0) is 19.6. The summed E-state index contributed by atoms with van der Waals surface area (Å²) < 4.78 is 15.9. The van der Waals surface area contributed by atoms with Crippen LogP contribution in [0.2, 0.25) is 0 Å². The lowest BCUT2D eigenvalue weighted by Gasteiger charge is -2.11. The van der Waals surface area contributed by atoms with E-state index in [4.69, 9.17) is 14.0 Å². The van der Waals surface area contributed by atoms with Gasteiger partial charge in [-0.05, 0) is 24.6 Å². The first-order valence-electron chi connectivity index (χ1n) is 9.12. The number of rotatable bonds is 9. The third-order valence-electron chi connectivity index (χ3n) is 3.84. The fourth-order valence-electron chi connectivity index (χ4n) is 2.38. The molecule has 9 heteroatoms. The second-order valence-corrected chi connectivity index (χ2v) is 6.26. The zero-order valence-corrected chi connectivity index (χ0v) is 19.4. The minimum atomic E-state index is 0. The van der Waals surface area contributed by atoms with Gasteiger partial charge in [0.2, 0.25) is 5.89 Å². The smallest absolute Gasteiger partial charge is 0.228 e. The van der Waals surface area contributed by atoms with Crippen LogP contribution < -0.4 is 20.1 Å². The molecule has 0 saturated carbocycles. The van der Waals surface area contributed by atoms with Gasteiger partial charge in [0.05, 0.1) is 20.8 Å². The van der Waals surface area contributed by atoms with E-state index in [-0.39, 0.29) is 29.9 Å². The van der Waals surface area contributed by atoms with Crippen molar-refractivity contribution in [3.63, 3.8) is 0 Å². The molecule has 0 saturated heterocycles. The Kier molecular flexibility index (Phi) is 10.6. The molecule has 2 rings (SSSR count). The topological polar surface area (TPSA) is 93.8 Å². The molecular weight excluding hydrogens is 473 g/mol. The van der Waals surface area contributed by atoms with E-state index < -0.39 is 0 Å². The van der Waals surface area contributed by atoms with E-state index in [2.05, 4.69) is 25.8 Å². The lowest BCUT2D eigenvalue weighted by molar-refractivity contribution is 0.354. The van der Waals surface area contributed by atoms with E-state index in [1.165, 1.54) is 0 Å². The lowest BCUT2D eigenvalue weighted by atomic mass is 10.2. The van der Waals surface area contributed by atoms with Gasteiger partial charge in [-0.15, -0.1) is 24.0 Å². The van der Waals surface area contributed by atoms with Gasteiger partial charge in [0, 0.05) is 25.4 Å². The van der Waals surface area contributed by atoms with Crippen molar-refractivity contribution in [1.29, 1.82) is 0 Å². The van der Waals surface area contributed by atoms with E-state index in [9.17, 15) is 0 Å². The quantitative estimate of drug-likeness (QED) is 0.309. The highest BCUT2D eigenvalue weighted by Crippen LogP contribution is 2.27. The van der Waals surface area contributed by atoms with Crippen LogP contribution in [0, 0.1) is 0 Å². The monoisotopic (exact) mass is 503 g/mol. The van der Waals surface area contributed by atoms with Crippen LogP contribution in [0.1, 0.15) is 44.0 Å². The number of hydrogen-bond donors (Lipinski definition) is 2. The highest BCUT2D eigenvalue weighted by Gasteiger charge is 2.09. The van der Waals surface area contributed by atoms with Gasteiger partial charge >= 0.3 is 0 Å². The number of aliphatic imine (C=N–C) groups is 1. The van der Waals surface area contributed by atoms with Crippen LogP contribution in [0.25, 0.3) is 0 Å². The minimum absolute atomic E-state index is 0. The van der Waals surface area contributed by atoms with Crippen LogP contribution in [-0.2, 0) is 13.0 Å². The van der Waals surface area contributed by atoms with Crippen LogP contribution in [0.15, 0.2) is 27.7 Å². The third kappa shape index (κ3) is 7.17. The van der Waals surface area contributed by atoms with Gasteiger partial charge < -0.3 is 24.6 Å². The molecule has 0 aliphatic carbocycles. The van der Waals surface area contributed by atoms with E-state index in [1.807, 2.05) is 39.0 Å². The first-order valence-corrected chi connectivity index (χ1v) is 9.12. The molecule has 0 unspecified atom stereocenters. The summed E-state index contributed by atoms with van der Waals surface area (Å²) in [6.45, 7) is 8.05. The second kappa shape index (κ2) is 12.4. The fourth-order valence-corrected chi connectivity index (χ4v) is 2.38. The highest BCUT2D eigenvalue weighted by atomic mass is 127. The van der Waals surface area contributed by atoms with Gasteiger partial charge in [0.15, 0.2) is 23.3 Å². The Labute approximate surface area is 183 Å². The van der Waals surface area contributed by atoms with Crippen molar-refractivity contribution < 1.29 is 14.0 Å². The van der Waals surface area contributed by atoms with E-state index in [1.54, 1.807) is 14.2 Å². The van der Waals surface area contributed by atoms with Crippen molar-refractivity contribution in [3.05, 3.63) is 35.5 Å². The summed E-state index contributed by atoms with van der Waals surface area (Å²) in [6, 6.07) is 5.78. The van der Waals surface area contributed by atoms with Gasteiger partial charge in [-0.2, -0.15) is 4.98 Å². The molecule has 0 radical (unpaired) electrons. The molecule has 0 atom stereocenters. The van der Waals surface area contributed by atoms with Gasteiger partial charge in [-0.1, -0.05) is 25.1 Å². The molecule has 0 bridgehead atoms. The summed E-state index contributed by atoms with van der Waals surface area (Å²) in [4.78, 5) is 8.99. The average Bonchev–Trinajstić information content (AvgIpc) is 3.15. The van der Waals surface area contributed by atoms with Crippen LogP contribution >= 0.6 is 24.0 Å². The summed E-state index contributed by atoms with van der Waals surface area (Å²) in [5, 5.41) is 10.5. The molecule has 1 aromatic heterocycles. The number of halogens is 1. The molecule has 0 aliphatic rings. The summed E-state index contributed by atoms with van der Waals surface area (Å²) in [6.07, 6.45) is 0.639. The second-order valence-electron chi connectivity index (χ2n) is 6.26. The maximum absolute atomic E-state index is 5.34. The number of methoxy groups -OCH3 is 2. The molecule has 2 aromatic rings. The number of nitrogens with zero attached hydrogens (tertiary/aromatic N) is 3. The van der Waals surface area contributed by atoms with Crippen LogP contribution in [0.4, 0.5) is 0 Å². The molecular formula is C19H30IN5O3. The number of ether oxygens (including phenoxy) is 2. The number of hydrogen-bond acceptors (Lipinski definition) is 6. The molecule has 28 heavy (non-hydrogen) atoms. The van der Waals surface area contributed by atoms with Gasteiger partial charge in [0.1, 0.15) is 0 Å². The van der Waals surface area contributed by atoms with E-state index >= 15 is 0 Å². The molecule has 0 fully saturated rings. The number of nitrogens with one attached hydrogen (secondary N) is 2. The highest BCUT2D eigenvalue weighted by molar-refractivity contribution is 14.0. The van der Waals surface area contributed by atoms with Gasteiger partial charge in [-0.25, -0.2) is 4.99 Å². The normalized spacial score (nSPS) is 11.1. The largest absolute Gasteiger partial charge is 0.493 e. The minimum Gasteiger partial charge on any atom is -0.493 e. The predicted molar refractivity (Wildman–Crippen MR) is 120 cm³/mol. The Morgan fingerprint density at radius 3 is 2.54 bits per heavy atom. The standard InChI is InChI=1S/C19H29N5O3.HI/c1-6-20-19(21-10-9-17-23-18(13(2)3)24-27-17)22-12-14-7-8-15(25-4)16(11-14)26-5;/h7-8,11,13H,6,9-10,12H2,1-5H3,(H2,20,21,22);1H. The lowest BCUT2D eigenvalue weighted by Crippen LogP contribution is -2.38. The molecule has 1 aromatic carbocycles. The molecule has 0 amide bonds. The number of aromatic nitrogens is 2. The van der Waals surface area contributed by atoms with E-state index in [0.717, 1.165) is 23.9 Å². The Bertz CT molecular complexity index is 749. The van der Waals surface area contributed by atoms with Crippen LogP contribution in [0.5, 0.6) is 11.5 Å². The van der Waals surface area contributed by atoms with Crippen molar-refractivity contribution in [2.75, 3.05) is 27.3 Å². The Hall–Kier alpha value is -2.04. The van der Waals surface area contributed by atoms with Crippen LogP contribution in [-0.4, -0.2) is 43.4 Å². The van der Waals surface area contributed by atoms with Crippen molar-refractivity contribution in [2.24, 2.45) is 4.99 Å². The maximum atomic E-state index is 5.34. The van der Waals surface area contributed by atoms with E-state index in [0.29, 0.717) is 36.9 Å². The maximum Gasteiger partial charge on any atom is 0.228 e. The molecule has 1 heterocycles. The van der Waals surface area contributed by atoms with Crippen LogP contribution in [0.3, 0.4) is 0 Å². The third-order valence-corrected chi connectivity index (χ3v) is 3.84. The first-order chi connectivity index (χ1) is 13.1. The molecule has 8 nitrogen and oxygen atoms in total. The number of benzene rings is 1. The molecule has 2 N–H and O–H groups in total. The first kappa shape index (κ1) is 24.0. The molecule has 156 valence electrons. The fraction of sp³-hybridized carbons (Fsp3) is 0.526. The van der Waals surface area contributed by atoms with Crippen molar-refractivity contribution >= 4 is 29.9 Å². The number of guanidine groups is 1. The van der Waals surface area contributed by atoms with Gasteiger partial charge in [0.25, 0.3) is 0 Å². The summed E-state index contributed by atoms with van der Waals surface area (Å²) >= 11 is 0. The Morgan fingerprint density at radius 1 is 1.18 bits per heavy atom. The summed E-state index contributed by atoms with van der Waals surface area (Å²) in [5.74, 6) is 3.75. The SMILES string of the molecule is CCNC(=NCc1ccc(OC)c(OC)c1)NCCc1nc(C(C)C)no1.I. The summed E-state index contributed by atoms with van der Waals surface area (Å²) in [7, 11) is 3.25. The molecule has 0 spiro atoms. The van der Waals surface area contributed by atoms with Crippen molar-refractivity contribution in [2.45, 2.75) is 39.7 Å². The zero-order valence-electron chi connectivity index (χ0n) is 17.1. The van der Waals surface area contributed by atoms with Crippen molar-refractivity contribution in [1.82, 2.24) is 20.8 Å². The summed E-state index contributed by atoms with van der Waals surface area (Å²) in [5.41, 5.74) is 1.03. The van der Waals surface area contributed by atoms with Crippen molar-refractivity contribution in [3.8, 4) is 11.5 Å².